The van der Waals surface area contributed by atoms with Gasteiger partial charge >= 0.3 is 0 Å². The van der Waals surface area contributed by atoms with Crippen molar-refractivity contribution in [3.63, 3.8) is 0 Å². The van der Waals surface area contributed by atoms with Crippen molar-refractivity contribution in [1.29, 1.82) is 0 Å². The second-order valence-electron chi connectivity index (χ2n) is 5.00. The van der Waals surface area contributed by atoms with Gasteiger partial charge in [-0.25, -0.2) is 0 Å². The van der Waals surface area contributed by atoms with E-state index in [4.69, 9.17) is 11.6 Å². The molecule has 1 N–H and O–H groups in total. The second-order valence-corrected chi connectivity index (χ2v) is 6.80. The second kappa shape index (κ2) is 4.33. The van der Waals surface area contributed by atoms with Gasteiger partial charge in [0.1, 0.15) is 0 Å². The molecular formula is C12H13ClN2O2S. The number of halogens is 1. The fourth-order valence-electron chi connectivity index (χ4n) is 2.77. The molecule has 2 saturated heterocycles. The fraction of sp³-hybridized carbons (Fsp3) is 0.500. The van der Waals surface area contributed by atoms with Crippen molar-refractivity contribution >= 4 is 34.8 Å². The van der Waals surface area contributed by atoms with Crippen LogP contribution in [0.2, 0.25) is 4.34 Å². The average Bonchev–Trinajstić information content (AvgIpc) is 2.93. The third-order valence-corrected chi connectivity index (χ3v) is 4.89. The highest BCUT2D eigenvalue weighted by Crippen LogP contribution is 2.38. The lowest BCUT2D eigenvalue weighted by molar-refractivity contribution is -0.128. The number of rotatable bonds is 2. The number of likely N-dealkylation sites (tertiary alicyclic amines) is 1. The molecule has 1 aromatic rings. The van der Waals surface area contributed by atoms with Crippen molar-refractivity contribution in [2.45, 2.75) is 19.4 Å². The number of carbonyl (C=O) groups excluding carboxylic acids is 2. The first-order valence-electron chi connectivity index (χ1n) is 5.88. The van der Waals surface area contributed by atoms with Crippen molar-refractivity contribution < 1.29 is 9.59 Å². The molecule has 96 valence electrons. The largest absolute Gasteiger partial charge is 0.297 e. The van der Waals surface area contributed by atoms with E-state index in [2.05, 4.69) is 10.2 Å². The number of amides is 2. The first kappa shape index (κ1) is 12.1. The summed E-state index contributed by atoms with van der Waals surface area (Å²) in [4.78, 5) is 26.6. The molecule has 3 heterocycles. The van der Waals surface area contributed by atoms with Crippen LogP contribution in [0, 0.1) is 5.41 Å². The van der Waals surface area contributed by atoms with E-state index < -0.39 is 5.41 Å². The summed E-state index contributed by atoms with van der Waals surface area (Å²) in [5.74, 6) is -0.236. The summed E-state index contributed by atoms with van der Waals surface area (Å²) >= 11 is 7.46. The number of imide groups is 1. The fourth-order valence-corrected chi connectivity index (χ4v) is 3.90. The lowest BCUT2D eigenvalue weighted by atomic mass is 9.85. The van der Waals surface area contributed by atoms with Crippen molar-refractivity contribution in [2.24, 2.45) is 5.41 Å². The zero-order chi connectivity index (χ0) is 12.8. The molecule has 0 bridgehead atoms. The number of nitrogens with one attached hydrogen (secondary N) is 1. The normalized spacial score (nSPS) is 28.3. The standard InChI is InChI=1S/C12H13ClN2O2S/c13-9-2-1-8(18-9)6-15-4-3-12(7-15)5-10(16)14-11(12)17/h1-2H,3-7H2,(H,14,16,17)/t12-/m0/s1. The van der Waals surface area contributed by atoms with Gasteiger partial charge in [-0.15, -0.1) is 11.3 Å². The highest BCUT2D eigenvalue weighted by atomic mass is 35.5. The zero-order valence-electron chi connectivity index (χ0n) is 9.74. The average molecular weight is 285 g/mol. The van der Waals surface area contributed by atoms with Crippen LogP contribution in [-0.4, -0.2) is 29.8 Å². The van der Waals surface area contributed by atoms with Crippen LogP contribution in [0.3, 0.4) is 0 Å². The minimum absolute atomic E-state index is 0.0980. The summed E-state index contributed by atoms with van der Waals surface area (Å²) in [5.41, 5.74) is -0.474. The van der Waals surface area contributed by atoms with Gasteiger partial charge in [-0.2, -0.15) is 0 Å². The highest BCUT2D eigenvalue weighted by Gasteiger charge is 2.50. The Hall–Kier alpha value is -0.910. The van der Waals surface area contributed by atoms with Crippen LogP contribution in [0.1, 0.15) is 17.7 Å². The van der Waals surface area contributed by atoms with E-state index in [1.807, 2.05) is 12.1 Å². The van der Waals surface area contributed by atoms with E-state index in [1.54, 1.807) is 11.3 Å². The molecule has 18 heavy (non-hydrogen) atoms. The Bertz CT molecular complexity index is 516. The van der Waals surface area contributed by atoms with Gasteiger partial charge in [-0.3, -0.25) is 19.8 Å². The van der Waals surface area contributed by atoms with Gasteiger partial charge in [0.2, 0.25) is 11.8 Å². The summed E-state index contributed by atoms with van der Waals surface area (Å²) in [6.07, 6.45) is 1.11. The van der Waals surface area contributed by atoms with E-state index in [-0.39, 0.29) is 11.8 Å². The Balaban J connectivity index is 1.68. The minimum Gasteiger partial charge on any atom is -0.297 e. The van der Waals surface area contributed by atoms with E-state index in [9.17, 15) is 9.59 Å². The monoisotopic (exact) mass is 284 g/mol. The maximum atomic E-state index is 11.8. The predicted octanol–water partition coefficient (Wildman–Crippen LogP) is 1.64. The predicted molar refractivity (Wildman–Crippen MR) is 69.4 cm³/mol. The Morgan fingerprint density at radius 2 is 2.28 bits per heavy atom. The van der Waals surface area contributed by atoms with Crippen molar-refractivity contribution in [3.8, 4) is 0 Å². The summed E-state index contributed by atoms with van der Waals surface area (Å²) in [6.45, 7) is 2.33. The SMILES string of the molecule is O=C1C[C@]2(CCN(Cc3ccc(Cl)s3)C2)C(=O)N1. The molecule has 0 aromatic carbocycles. The van der Waals surface area contributed by atoms with Crippen molar-refractivity contribution in [1.82, 2.24) is 10.2 Å². The van der Waals surface area contributed by atoms with Crippen molar-refractivity contribution in [2.75, 3.05) is 13.1 Å². The van der Waals surface area contributed by atoms with Gasteiger partial charge in [0, 0.05) is 24.4 Å². The molecule has 1 spiro atoms. The van der Waals surface area contributed by atoms with Crippen LogP contribution in [0.15, 0.2) is 12.1 Å². The first-order valence-corrected chi connectivity index (χ1v) is 7.08. The Morgan fingerprint density at radius 3 is 2.89 bits per heavy atom. The molecule has 2 fully saturated rings. The van der Waals surface area contributed by atoms with Crippen LogP contribution < -0.4 is 5.32 Å². The molecule has 0 unspecified atom stereocenters. The summed E-state index contributed by atoms with van der Waals surface area (Å²) in [5, 5.41) is 2.42. The molecule has 1 aromatic heterocycles. The molecular weight excluding hydrogens is 272 g/mol. The number of carbonyl (C=O) groups is 2. The third-order valence-electron chi connectivity index (χ3n) is 3.67. The molecule has 2 aliphatic rings. The van der Waals surface area contributed by atoms with Crippen LogP contribution in [0.5, 0.6) is 0 Å². The Kier molecular flexibility index (Phi) is 2.92. The Morgan fingerprint density at radius 1 is 1.44 bits per heavy atom. The quantitative estimate of drug-likeness (QED) is 0.840. The van der Waals surface area contributed by atoms with Gasteiger partial charge in [0.05, 0.1) is 9.75 Å². The maximum absolute atomic E-state index is 11.8. The number of hydrogen-bond acceptors (Lipinski definition) is 4. The first-order chi connectivity index (χ1) is 8.57. The molecule has 2 amide bonds. The minimum atomic E-state index is -0.474. The van der Waals surface area contributed by atoms with Gasteiger partial charge in [-0.1, -0.05) is 11.6 Å². The number of nitrogens with zero attached hydrogens (tertiary/aromatic N) is 1. The summed E-state index contributed by atoms with van der Waals surface area (Å²) in [6, 6.07) is 3.90. The van der Waals surface area contributed by atoms with Gasteiger partial charge in [0.15, 0.2) is 0 Å². The molecule has 0 radical (unpaired) electrons. The van der Waals surface area contributed by atoms with Gasteiger partial charge in [0.25, 0.3) is 0 Å². The van der Waals surface area contributed by atoms with Crippen molar-refractivity contribution in [3.05, 3.63) is 21.3 Å². The topological polar surface area (TPSA) is 49.4 Å². The van der Waals surface area contributed by atoms with Crippen LogP contribution >= 0.6 is 22.9 Å². The van der Waals surface area contributed by atoms with E-state index in [0.717, 1.165) is 23.8 Å². The molecule has 2 aliphatic heterocycles. The maximum Gasteiger partial charge on any atom is 0.234 e. The van der Waals surface area contributed by atoms with E-state index in [0.29, 0.717) is 13.0 Å². The van der Waals surface area contributed by atoms with Crippen LogP contribution in [-0.2, 0) is 16.1 Å². The number of thiophene rings is 1. The van der Waals surface area contributed by atoms with Crippen LogP contribution in [0.25, 0.3) is 0 Å². The summed E-state index contributed by atoms with van der Waals surface area (Å²) in [7, 11) is 0. The molecule has 1 atom stereocenters. The highest BCUT2D eigenvalue weighted by molar-refractivity contribution is 7.16. The smallest absolute Gasteiger partial charge is 0.234 e. The molecule has 4 nitrogen and oxygen atoms in total. The molecule has 6 heteroatoms. The van der Waals surface area contributed by atoms with E-state index in [1.165, 1.54) is 4.88 Å². The van der Waals surface area contributed by atoms with Crippen LogP contribution in [0.4, 0.5) is 0 Å². The lowest BCUT2D eigenvalue weighted by Gasteiger charge is -2.19. The molecule has 0 saturated carbocycles. The molecule has 0 aliphatic carbocycles. The lowest BCUT2D eigenvalue weighted by Crippen LogP contribution is -2.34. The van der Waals surface area contributed by atoms with Gasteiger partial charge < -0.3 is 0 Å². The third kappa shape index (κ3) is 2.06. The zero-order valence-corrected chi connectivity index (χ0v) is 11.3. The van der Waals surface area contributed by atoms with Gasteiger partial charge in [-0.05, 0) is 25.1 Å². The molecule has 3 rings (SSSR count). The van der Waals surface area contributed by atoms with E-state index >= 15 is 0 Å². The summed E-state index contributed by atoms with van der Waals surface area (Å²) < 4.78 is 0.785. The number of hydrogen-bond donors (Lipinski definition) is 1. The Labute approximate surface area is 114 Å².